The van der Waals surface area contributed by atoms with Gasteiger partial charge in [-0.15, -0.1) is 0 Å². The van der Waals surface area contributed by atoms with Crippen LogP contribution < -0.4 is 0 Å². The van der Waals surface area contributed by atoms with Gasteiger partial charge < -0.3 is 10.2 Å². The SMILES string of the molecule is CC1(O)C=CC2CCC1C2O. The van der Waals surface area contributed by atoms with E-state index < -0.39 is 5.60 Å². The zero-order valence-corrected chi connectivity index (χ0v) is 6.70. The summed E-state index contributed by atoms with van der Waals surface area (Å²) in [6.45, 7) is 1.78. The summed E-state index contributed by atoms with van der Waals surface area (Å²) in [5.41, 5.74) is -0.771. The zero-order chi connectivity index (χ0) is 8.06. The molecular weight excluding hydrogens is 140 g/mol. The molecule has 2 aliphatic rings. The molecule has 2 aliphatic carbocycles. The summed E-state index contributed by atoms with van der Waals surface area (Å²) in [6.07, 6.45) is 5.45. The molecule has 0 radical (unpaired) electrons. The second kappa shape index (κ2) is 2.08. The number of rotatable bonds is 0. The van der Waals surface area contributed by atoms with Gasteiger partial charge in [0.15, 0.2) is 0 Å². The van der Waals surface area contributed by atoms with Crippen molar-refractivity contribution in [2.75, 3.05) is 0 Å². The number of hydrogen-bond acceptors (Lipinski definition) is 2. The first-order valence-electron chi connectivity index (χ1n) is 4.21. The van der Waals surface area contributed by atoms with Crippen molar-refractivity contribution >= 4 is 0 Å². The lowest BCUT2D eigenvalue weighted by molar-refractivity contribution is -0.0266. The van der Waals surface area contributed by atoms with Crippen LogP contribution >= 0.6 is 0 Å². The maximum atomic E-state index is 9.78. The average Bonchev–Trinajstić information content (AvgIpc) is 2.18. The molecule has 2 heteroatoms. The Labute approximate surface area is 66.5 Å². The molecule has 0 amide bonds. The lowest BCUT2D eigenvalue weighted by atomic mass is 9.80. The predicted molar refractivity (Wildman–Crippen MR) is 42.0 cm³/mol. The molecule has 0 saturated heterocycles. The normalized spacial score (nSPS) is 55.0. The van der Waals surface area contributed by atoms with Gasteiger partial charge in [-0.25, -0.2) is 0 Å². The van der Waals surface area contributed by atoms with E-state index in [-0.39, 0.29) is 12.0 Å². The first kappa shape index (κ1) is 7.32. The Kier molecular flexibility index (Phi) is 1.38. The van der Waals surface area contributed by atoms with Crippen molar-refractivity contribution in [2.45, 2.75) is 31.5 Å². The fourth-order valence-electron chi connectivity index (χ4n) is 2.30. The van der Waals surface area contributed by atoms with Crippen molar-refractivity contribution in [3.8, 4) is 0 Å². The van der Waals surface area contributed by atoms with Crippen LogP contribution in [0.3, 0.4) is 0 Å². The third kappa shape index (κ3) is 0.932. The van der Waals surface area contributed by atoms with Gasteiger partial charge in [-0.1, -0.05) is 12.2 Å². The van der Waals surface area contributed by atoms with Gasteiger partial charge in [0.25, 0.3) is 0 Å². The lowest BCUT2D eigenvalue weighted by Crippen LogP contribution is -2.41. The van der Waals surface area contributed by atoms with Gasteiger partial charge in [0.2, 0.25) is 0 Å². The van der Waals surface area contributed by atoms with Crippen LogP contribution in [0.15, 0.2) is 12.2 Å². The maximum Gasteiger partial charge on any atom is 0.0852 e. The summed E-state index contributed by atoms with van der Waals surface area (Å²) in [7, 11) is 0. The van der Waals surface area contributed by atoms with Crippen molar-refractivity contribution in [2.24, 2.45) is 11.8 Å². The monoisotopic (exact) mass is 154 g/mol. The van der Waals surface area contributed by atoms with E-state index in [1.807, 2.05) is 12.2 Å². The Morgan fingerprint density at radius 3 is 2.82 bits per heavy atom. The van der Waals surface area contributed by atoms with E-state index in [0.717, 1.165) is 12.8 Å². The standard InChI is InChI=1S/C9H14O2/c1-9(11)5-4-6-2-3-7(9)8(6)10/h4-8,10-11H,2-3H2,1H3. The largest absolute Gasteiger partial charge is 0.392 e. The van der Waals surface area contributed by atoms with Gasteiger partial charge in [0.1, 0.15) is 0 Å². The van der Waals surface area contributed by atoms with E-state index >= 15 is 0 Å². The highest BCUT2D eigenvalue weighted by Crippen LogP contribution is 2.43. The molecule has 1 fully saturated rings. The molecule has 11 heavy (non-hydrogen) atoms. The van der Waals surface area contributed by atoms with Crippen LogP contribution in [0.25, 0.3) is 0 Å². The average molecular weight is 154 g/mol. The summed E-state index contributed by atoms with van der Waals surface area (Å²) < 4.78 is 0. The molecule has 0 aromatic rings. The van der Waals surface area contributed by atoms with Crippen LogP contribution in [-0.4, -0.2) is 21.9 Å². The van der Waals surface area contributed by atoms with Crippen molar-refractivity contribution < 1.29 is 10.2 Å². The van der Waals surface area contributed by atoms with Crippen LogP contribution in [0.5, 0.6) is 0 Å². The van der Waals surface area contributed by atoms with Gasteiger partial charge in [-0.2, -0.15) is 0 Å². The highest BCUT2D eigenvalue weighted by Gasteiger charge is 2.45. The third-order valence-electron chi connectivity index (χ3n) is 3.09. The summed E-state index contributed by atoms with van der Waals surface area (Å²) >= 11 is 0. The molecular formula is C9H14O2. The van der Waals surface area contributed by atoms with Crippen LogP contribution in [0.2, 0.25) is 0 Å². The molecule has 0 spiro atoms. The summed E-state index contributed by atoms with van der Waals surface area (Å²) in [5.74, 6) is 0.373. The Morgan fingerprint density at radius 2 is 2.18 bits per heavy atom. The van der Waals surface area contributed by atoms with Crippen LogP contribution in [0.1, 0.15) is 19.8 Å². The Bertz CT molecular complexity index is 196. The Balaban J connectivity index is 2.33. The van der Waals surface area contributed by atoms with Gasteiger partial charge in [0.05, 0.1) is 11.7 Å². The summed E-state index contributed by atoms with van der Waals surface area (Å²) in [4.78, 5) is 0. The Hall–Kier alpha value is -0.340. The molecule has 2 rings (SSSR count). The minimum atomic E-state index is -0.771. The number of aliphatic hydroxyl groups excluding tert-OH is 1. The molecule has 0 aliphatic heterocycles. The first-order valence-corrected chi connectivity index (χ1v) is 4.21. The smallest absolute Gasteiger partial charge is 0.0852 e. The fraction of sp³-hybridized carbons (Fsp3) is 0.778. The van der Waals surface area contributed by atoms with Crippen molar-refractivity contribution in [3.63, 3.8) is 0 Å². The van der Waals surface area contributed by atoms with Crippen LogP contribution in [0.4, 0.5) is 0 Å². The van der Waals surface area contributed by atoms with Crippen molar-refractivity contribution in [1.82, 2.24) is 0 Å². The van der Waals surface area contributed by atoms with Crippen LogP contribution in [0, 0.1) is 11.8 Å². The third-order valence-corrected chi connectivity index (χ3v) is 3.09. The van der Waals surface area contributed by atoms with E-state index in [1.54, 1.807) is 6.92 Å². The van der Waals surface area contributed by atoms with Crippen molar-refractivity contribution in [1.29, 1.82) is 0 Å². The molecule has 0 aromatic heterocycles. The molecule has 1 saturated carbocycles. The topological polar surface area (TPSA) is 40.5 Å². The van der Waals surface area contributed by atoms with E-state index in [2.05, 4.69) is 0 Å². The predicted octanol–water partition coefficient (Wildman–Crippen LogP) is 0.694. The summed E-state index contributed by atoms with van der Waals surface area (Å²) in [5, 5.41) is 19.4. The molecule has 4 unspecified atom stereocenters. The summed E-state index contributed by atoms with van der Waals surface area (Å²) in [6, 6.07) is 0. The minimum Gasteiger partial charge on any atom is -0.392 e. The zero-order valence-electron chi connectivity index (χ0n) is 6.70. The molecule has 0 aromatic carbocycles. The minimum absolute atomic E-state index is 0.0671. The molecule has 62 valence electrons. The molecule has 4 atom stereocenters. The molecule has 2 bridgehead atoms. The number of fused-ring (bicyclic) bond motifs is 2. The Morgan fingerprint density at radius 1 is 1.45 bits per heavy atom. The highest BCUT2D eigenvalue weighted by molar-refractivity contribution is 5.16. The van der Waals surface area contributed by atoms with Gasteiger partial charge in [0, 0.05) is 11.8 Å². The van der Waals surface area contributed by atoms with E-state index in [4.69, 9.17) is 0 Å². The quantitative estimate of drug-likeness (QED) is 0.504. The van der Waals surface area contributed by atoms with Gasteiger partial charge in [-0.3, -0.25) is 0 Å². The molecule has 0 heterocycles. The second-order valence-electron chi connectivity index (χ2n) is 3.92. The van der Waals surface area contributed by atoms with Gasteiger partial charge >= 0.3 is 0 Å². The van der Waals surface area contributed by atoms with E-state index in [1.165, 1.54) is 0 Å². The second-order valence-corrected chi connectivity index (χ2v) is 3.92. The molecule has 2 N–H and O–H groups in total. The van der Waals surface area contributed by atoms with Crippen LogP contribution in [-0.2, 0) is 0 Å². The van der Waals surface area contributed by atoms with Gasteiger partial charge in [-0.05, 0) is 19.8 Å². The molecule has 2 nitrogen and oxygen atoms in total. The fourth-order valence-corrected chi connectivity index (χ4v) is 2.30. The maximum absolute atomic E-state index is 9.78. The first-order chi connectivity index (χ1) is 5.11. The van der Waals surface area contributed by atoms with E-state index in [0.29, 0.717) is 5.92 Å². The highest BCUT2D eigenvalue weighted by atomic mass is 16.3. The van der Waals surface area contributed by atoms with Crippen molar-refractivity contribution in [3.05, 3.63) is 12.2 Å². The lowest BCUT2D eigenvalue weighted by Gasteiger charge is -2.33. The van der Waals surface area contributed by atoms with E-state index in [9.17, 15) is 10.2 Å². The number of hydrogen-bond donors (Lipinski definition) is 2. The number of aliphatic hydroxyl groups is 2.